The summed E-state index contributed by atoms with van der Waals surface area (Å²) in [6, 6.07) is 13.6. The van der Waals surface area contributed by atoms with Gasteiger partial charge in [0.05, 0.1) is 11.4 Å². The van der Waals surface area contributed by atoms with E-state index in [0.29, 0.717) is 29.6 Å². The van der Waals surface area contributed by atoms with Crippen LogP contribution < -0.4 is 10.6 Å². The first-order valence-corrected chi connectivity index (χ1v) is 11.2. The summed E-state index contributed by atoms with van der Waals surface area (Å²) in [7, 11) is 0. The normalized spacial score (nSPS) is 10.9. The molecule has 0 aliphatic heterocycles. The van der Waals surface area contributed by atoms with Crippen molar-refractivity contribution in [2.24, 2.45) is 0 Å². The van der Waals surface area contributed by atoms with E-state index in [1.165, 1.54) is 11.3 Å². The number of thiazole rings is 1. The van der Waals surface area contributed by atoms with Gasteiger partial charge in [-0.1, -0.05) is 30.3 Å². The summed E-state index contributed by atoms with van der Waals surface area (Å²) >= 11 is 1.40. The number of nitrogens with zero attached hydrogens (tertiary/aromatic N) is 5. The van der Waals surface area contributed by atoms with Crippen LogP contribution in [0.2, 0.25) is 0 Å². The Balaban J connectivity index is 1.30. The fraction of sp³-hybridized carbons (Fsp3) is 0.261. The van der Waals surface area contributed by atoms with E-state index in [9.17, 15) is 4.79 Å². The number of hydrogen-bond donors (Lipinski definition) is 2. The van der Waals surface area contributed by atoms with Crippen molar-refractivity contribution in [2.45, 2.75) is 27.7 Å². The van der Waals surface area contributed by atoms with Crippen molar-refractivity contribution in [1.82, 2.24) is 30.3 Å². The van der Waals surface area contributed by atoms with Gasteiger partial charge in [0.15, 0.2) is 5.82 Å². The lowest BCUT2D eigenvalue weighted by atomic mass is 10.2. The first kappa shape index (κ1) is 21.6. The highest BCUT2D eigenvalue weighted by Crippen LogP contribution is 2.27. The maximum Gasteiger partial charge on any atom is 0.263 e. The number of rotatable bonds is 7. The van der Waals surface area contributed by atoms with Crippen LogP contribution in [-0.4, -0.2) is 44.0 Å². The molecule has 0 aliphatic carbocycles. The molecule has 0 spiro atoms. The summed E-state index contributed by atoms with van der Waals surface area (Å²) < 4.78 is 1.79. The molecule has 0 fully saturated rings. The van der Waals surface area contributed by atoms with Crippen molar-refractivity contribution < 1.29 is 4.79 Å². The van der Waals surface area contributed by atoms with Crippen LogP contribution in [0.15, 0.2) is 42.5 Å². The SMILES string of the molecule is Cc1nc(-c2ccccc2)sc1C(=O)NCCNc1ccc(-n2nc(C)c(C)c2C)nn1. The minimum Gasteiger partial charge on any atom is -0.367 e. The van der Waals surface area contributed by atoms with Crippen LogP contribution in [0.5, 0.6) is 0 Å². The average molecular weight is 448 g/mol. The van der Waals surface area contributed by atoms with Crippen molar-refractivity contribution in [2.75, 3.05) is 18.4 Å². The molecular weight excluding hydrogens is 422 g/mol. The topological polar surface area (TPSA) is 97.6 Å². The van der Waals surface area contributed by atoms with E-state index in [1.807, 2.05) is 70.2 Å². The third-order valence-electron chi connectivity index (χ3n) is 5.26. The molecule has 0 unspecified atom stereocenters. The molecule has 164 valence electrons. The van der Waals surface area contributed by atoms with E-state index < -0.39 is 0 Å². The van der Waals surface area contributed by atoms with Gasteiger partial charge in [0.2, 0.25) is 0 Å². The van der Waals surface area contributed by atoms with Crippen LogP contribution in [0.1, 0.15) is 32.3 Å². The largest absolute Gasteiger partial charge is 0.367 e. The minimum atomic E-state index is -0.120. The van der Waals surface area contributed by atoms with Crippen molar-refractivity contribution in [3.8, 4) is 16.4 Å². The Bertz CT molecular complexity index is 1230. The summed E-state index contributed by atoms with van der Waals surface area (Å²) in [5.74, 6) is 1.19. The number of aryl methyl sites for hydroxylation is 2. The summed E-state index contributed by atoms with van der Waals surface area (Å²) in [4.78, 5) is 17.8. The van der Waals surface area contributed by atoms with Gasteiger partial charge in [-0.15, -0.1) is 21.5 Å². The van der Waals surface area contributed by atoms with Crippen molar-refractivity contribution in [1.29, 1.82) is 0 Å². The van der Waals surface area contributed by atoms with E-state index >= 15 is 0 Å². The second-order valence-corrected chi connectivity index (χ2v) is 8.47. The quantitative estimate of drug-likeness (QED) is 0.418. The predicted octanol–water partition coefficient (Wildman–Crippen LogP) is 3.86. The molecule has 0 saturated carbocycles. The van der Waals surface area contributed by atoms with Gasteiger partial charge >= 0.3 is 0 Å². The van der Waals surface area contributed by atoms with Gasteiger partial charge in [0, 0.05) is 24.3 Å². The molecule has 0 radical (unpaired) electrons. The third kappa shape index (κ3) is 4.52. The van der Waals surface area contributed by atoms with Crippen molar-refractivity contribution in [3.05, 3.63) is 70.0 Å². The Kier molecular flexibility index (Phi) is 6.27. The van der Waals surface area contributed by atoms with E-state index in [4.69, 9.17) is 0 Å². The molecule has 0 bridgehead atoms. The van der Waals surface area contributed by atoms with Crippen LogP contribution in [-0.2, 0) is 0 Å². The van der Waals surface area contributed by atoms with Gasteiger partial charge in [-0.25, -0.2) is 9.67 Å². The standard InChI is InChI=1S/C23H25N7OS/c1-14-15(2)29-30(17(14)4)20-11-10-19(27-28-20)24-12-13-25-22(31)21-16(3)26-23(32-21)18-8-6-5-7-9-18/h5-11H,12-13H2,1-4H3,(H,24,27)(H,25,31). The molecule has 0 aliphatic rings. The number of anilines is 1. The number of nitrogens with one attached hydrogen (secondary N) is 2. The lowest BCUT2D eigenvalue weighted by Crippen LogP contribution is -2.28. The summed E-state index contributed by atoms with van der Waals surface area (Å²) in [5.41, 5.74) is 4.93. The number of amides is 1. The number of benzene rings is 1. The molecule has 4 aromatic rings. The van der Waals surface area contributed by atoms with Gasteiger partial charge in [-0.05, 0) is 45.4 Å². The average Bonchev–Trinajstić information content (AvgIpc) is 3.32. The summed E-state index contributed by atoms with van der Waals surface area (Å²) in [6.07, 6.45) is 0. The molecule has 3 aromatic heterocycles. The first-order valence-electron chi connectivity index (χ1n) is 10.4. The van der Waals surface area contributed by atoms with Crippen LogP contribution in [0.3, 0.4) is 0 Å². The Labute approximate surface area is 190 Å². The number of carbonyl (C=O) groups excluding carboxylic acids is 1. The predicted molar refractivity (Wildman–Crippen MR) is 126 cm³/mol. The number of carbonyl (C=O) groups is 1. The zero-order valence-electron chi connectivity index (χ0n) is 18.5. The molecule has 0 atom stereocenters. The van der Waals surface area contributed by atoms with Gasteiger partial charge < -0.3 is 10.6 Å². The highest BCUT2D eigenvalue weighted by molar-refractivity contribution is 7.17. The van der Waals surface area contributed by atoms with Crippen LogP contribution in [0.25, 0.3) is 16.4 Å². The Morgan fingerprint density at radius 3 is 2.41 bits per heavy atom. The maximum absolute atomic E-state index is 12.6. The number of hydrogen-bond acceptors (Lipinski definition) is 7. The van der Waals surface area contributed by atoms with Gasteiger partial charge in [0.1, 0.15) is 15.7 Å². The molecule has 9 heteroatoms. The summed E-state index contributed by atoms with van der Waals surface area (Å²) in [6.45, 7) is 8.88. The van der Waals surface area contributed by atoms with Crippen molar-refractivity contribution in [3.63, 3.8) is 0 Å². The molecule has 2 N–H and O–H groups in total. The monoisotopic (exact) mass is 447 g/mol. The van der Waals surface area contributed by atoms with Gasteiger partial charge in [-0.2, -0.15) is 5.10 Å². The minimum absolute atomic E-state index is 0.120. The highest BCUT2D eigenvalue weighted by Gasteiger charge is 2.16. The van der Waals surface area contributed by atoms with Crippen LogP contribution in [0.4, 0.5) is 5.82 Å². The number of aromatic nitrogens is 5. The van der Waals surface area contributed by atoms with E-state index in [-0.39, 0.29) is 5.91 Å². The molecule has 1 amide bonds. The zero-order chi connectivity index (χ0) is 22.7. The molecule has 4 rings (SSSR count). The van der Waals surface area contributed by atoms with Crippen molar-refractivity contribution >= 4 is 23.1 Å². The Morgan fingerprint density at radius 2 is 1.75 bits per heavy atom. The molecule has 1 aromatic carbocycles. The summed E-state index contributed by atoms with van der Waals surface area (Å²) in [5, 5.41) is 19.9. The van der Waals surface area contributed by atoms with E-state index in [0.717, 1.165) is 33.2 Å². The fourth-order valence-corrected chi connectivity index (χ4v) is 4.22. The van der Waals surface area contributed by atoms with Crippen LogP contribution in [0, 0.1) is 27.7 Å². The molecule has 3 heterocycles. The second kappa shape index (κ2) is 9.27. The lowest BCUT2D eigenvalue weighted by molar-refractivity contribution is 0.0958. The third-order valence-corrected chi connectivity index (χ3v) is 6.47. The first-order chi connectivity index (χ1) is 15.4. The van der Waals surface area contributed by atoms with E-state index in [2.05, 4.69) is 30.9 Å². The molecular formula is C23H25N7OS. The molecule has 32 heavy (non-hydrogen) atoms. The van der Waals surface area contributed by atoms with Gasteiger partial charge in [0.25, 0.3) is 5.91 Å². The highest BCUT2D eigenvalue weighted by atomic mass is 32.1. The van der Waals surface area contributed by atoms with Gasteiger partial charge in [-0.3, -0.25) is 4.79 Å². The zero-order valence-corrected chi connectivity index (χ0v) is 19.3. The molecule has 0 saturated heterocycles. The second-order valence-electron chi connectivity index (χ2n) is 7.47. The van der Waals surface area contributed by atoms with E-state index in [1.54, 1.807) is 4.68 Å². The fourth-order valence-electron chi connectivity index (χ4n) is 3.23. The maximum atomic E-state index is 12.6. The smallest absolute Gasteiger partial charge is 0.263 e. The Hall–Kier alpha value is -3.59. The Morgan fingerprint density at radius 1 is 0.969 bits per heavy atom. The van der Waals surface area contributed by atoms with Crippen LogP contribution >= 0.6 is 11.3 Å². The molecule has 8 nitrogen and oxygen atoms in total. The lowest BCUT2D eigenvalue weighted by Gasteiger charge is -2.08.